The molecule has 1 aliphatic rings. The number of esters is 1. The van der Waals surface area contributed by atoms with Crippen LogP contribution in [0.5, 0.6) is 5.75 Å². The summed E-state index contributed by atoms with van der Waals surface area (Å²) >= 11 is 0. The largest absolute Gasteiger partial charge is 0.423 e. The lowest BCUT2D eigenvalue weighted by Gasteiger charge is -2.17. The molecule has 3 rings (SSSR count). The monoisotopic (exact) mass is 276 g/mol. The summed E-state index contributed by atoms with van der Waals surface area (Å²) in [4.78, 5) is 11.2. The van der Waals surface area contributed by atoms with Crippen LogP contribution in [-0.4, -0.2) is 5.97 Å². The Morgan fingerprint density at radius 3 is 2.67 bits per heavy atom. The molecular weight excluding hydrogens is 260 g/mol. The van der Waals surface area contributed by atoms with Gasteiger partial charge in [0.05, 0.1) is 0 Å². The zero-order valence-corrected chi connectivity index (χ0v) is 11.7. The van der Waals surface area contributed by atoms with E-state index < -0.39 is 5.97 Å². The molecule has 0 spiro atoms. The van der Waals surface area contributed by atoms with Gasteiger partial charge in [-0.25, -0.2) is 4.79 Å². The third-order valence-electron chi connectivity index (χ3n) is 3.64. The first-order chi connectivity index (χ1) is 10.3. The van der Waals surface area contributed by atoms with Gasteiger partial charge < -0.3 is 4.74 Å². The predicted molar refractivity (Wildman–Crippen MR) is 84.9 cm³/mol. The summed E-state index contributed by atoms with van der Waals surface area (Å²) < 4.78 is 5.16. The molecule has 0 heterocycles. The predicted octanol–water partition coefficient (Wildman–Crippen LogP) is 4.26. The van der Waals surface area contributed by atoms with Crippen molar-refractivity contribution in [3.8, 4) is 5.75 Å². The zero-order chi connectivity index (χ0) is 14.7. The van der Waals surface area contributed by atoms with E-state index in [0.717, 1.165) is 12.8 Å². The average Bonchev–Trinajstić information content (AvgIpc) is 2.55. The number of aryl methyl sites for hydroxylation is 1. The van der Waals surface area contributed by atoms with Crippen LogP contribution in [0.25, 0.3) is 11.6 Å². The lowest BCUT2D eigenvalue weighted by atomic mass is 9.88. The van der Waals surface area contributed by atoms with Gasteiger partial charge in [0.15, 0.2) is 0 Å². The highest BCUT2D eigenvalue weighted by molar-refractivity contribution is 5.85. The molecule has 0 atom stereocenters. The smallest absolute Gasteiger partial charge is 0.335 e. The minimum absolute atomic E-state index is 0.425. The van der Waals surface area contributed by atoms with Crippen molar-refractivity contribution in [1.82, 2.24) is 0 Å². The van der Waals surface area contributed by atoms with Gasteiger partial charge in [0, 0.05) is 6.08 Å². The van der Waals surface area contributed by atoms with Crippen LogP contribution in [0.1, 0.15) is 23.1 Å². The topological polar surface area (TPSA) is 26.3 Å². The minimum atomic E-state index is -0.425. The van der Waals surface area contributed by atoms with Crippen molar-refractivity contribution in [2.24, 2.45) is 0 Å². The lowest BCUT2D eigenvalue weighted by Crippen LogP contribution is -2.05. The van der Waals surface area contributed by atoms with Crippen LogP contribution < -0.4 is 4.74 Å². The van der Waals surface area contributed by atoms with Gasteiger partial charge in [0.25, 0.3) is 0 Å². The van der Waals surface area contributed by atoms with Crippen molar-refractivity contribution in [3.05, 3.63) is 77.9 Å². The van der Waals surface area contributed by atoms with Gasteiger partial charge in [0.2, 0.25) is 0 Å². The molecule has 0 fully saturated rings. The maximum atomic E-state index is 11.2. The molecule has 2 nitrogen and oxygen atoms in total. The number of hydrogen-bond donors (Lipinski definition) is 0. The van der Waals surface area contributed by atoms with E-state index in [1.165, 1.54) is 28.3 Å². The Morgan fingerprint density at radius 2 is 1.90 bits per heavy atom. The second-order valence-corrected chi connectivity index (χ2v) is 5.02. The van der Waals surface area contributed by atoms with E-state index in [0.29, 0.717) is 5.75 Å². The highest BCUT2D eigenvalue weighted by Gasteiger charge is 2.13. The molecule has 1 aliphatic carbocycles. The second kappa shape index (κ2) is 5.80. The molecule has 2 heteroatoms. The Morgan fingerprint density at radius 1 is 1.10 bits per heavy atom. The van der Waals surface area contributed by atoms with E-state index in [1.54, 1.807) is 0 Å². The van der Waals surface area contributed by atoms with Crippen molar-refractivity contribution in [1.29, 1.82) is 0 Å². The summed E-state index contributed by atoms with van der Waals surface area (Å²) in [6, 6.07) is 16.2. The summed E-state index contributed by atoms with van der Waals surface area (Å²) in [6.45, 7) is 3.40. The molecule has 0 radical (unpaired) electrons. The van der Waals surface area contributed by atoms with E-state index >= 15 is 0 Å². The highest BCUT2D eigenvalue weighted by atomic mass is 16.5. The van der Waals surface area contributed by atoms with Crippen LogP contribution in [-0.2, 0) is 11.2 Å². The van der Waals surface area contributed by atoms with Crippen molar-refractivity contribution in [2.45, 2.75) is 12.8 Å². The van der Waals surface area contributed by atoms with Crippen LogP contribution in [0.4, 0.5) is 0 Å². The van der Waals surface area contributed by atoms with Crippen molar-refractivity contribution in [2.75, 3.05) is 0 Å². The molecule has 2 aromatic rings. The molecule has 104 valence electrons. The number of hydrogen-bond acceptors (Lipinski definition) is 2. The SMILES string of the molecule is C=CC(=O)Oc1ccc2c(c1)CCC(c1ccccc1)=C2. The summed E-state index contributed by atoms with van der Waals surface area (Å²) in [7, 11) is 0. The maximum absolute atomic E-state index is 11.2. The van der Waals surface area contributed by atoms with Gasteiger partial charge in [-0.15, -0.1) is 0 Å². The van der Waals surface area contributed by atoms with Crippen molar-refractivity contribution in [3.63, 3.8) is 0 Å². The Hall–Kier alpha value is -2.61. The van der Waals surface area contributed by atoms with Crippen LogP contribution in [0.2, 0.25) is 0 Å². The number of carbonyl (C=O) groups is 1. The third-order valence-corrected chi connectivity index (χ3v) is 3.64. The van der Waals surface area contributed by atoms with Gasteiger partial charge in [-0.05, 0) is 47.2 Å². The number of rotatable bonds is 3. The fourth-order valence-electron chi connectivity index (χ4n) is 2.57. The average molecular weight is 276 g/mol. The number of fused-ring (bicyclic) bond motifs is 1. The van der Waals surface area contributed by atoms with Gasteiger partial charge in [-0.2, -0.15) is 0 Å². The first kappa shape index (κ1) is 13.4. The van der Waals surface area contributed by atoms with Crippen LogP contribution >= 0.6 is 0 Å². The first-order valence-corrected chi connectivity index (χ1v) is 6.99. The Kier molecular flexibility index (Phi) is 3.69. The van der Waals surface area contributed by atoms with Crippen LogP contribution in [0.3, 0.4) is 0 Å². The normalized spacial score (nSPS) is 13.0. The van der Waals surface area contributed by atoms with Crippen molar-refractivity contribution >= 4 is 17.6 Å². The Bertz CT molecular complexity index is 712. The first-order valence-electron chi connectivity index (χ1n) is 6.99. The van der Waals surface area contributed by atoms with Crippen molar-refractivity contribution < 1.29 is 9.53 Å². The van der Waals surface area contributed by atoms with Gasteiger partial charge in [-0.1, -0.05) is 49.1 Å². The molecule has 2 aromatic carbocycles. The molecular formula is C19H16O2. The number of carbonyl (C=O) groups excluding carboxylic acids is 1. The molecule has 0 aliphatic heterocycles. The molecule has 0 aromatic heterocycles. The zero-order valence-electron chi connectivity index (χ0n) is 11.7. The summed E-state index contributed by atoms with van der Waals surface area (Å²) in [5.41, 5.74) is 5.02. The number of ether oxygens (including phenoxy) is 1. The molecule has 0 saturated carbocycles. The number of allylic oxidation sites excluding steroid dienone is 1. The van der Waals surface area contributed by atoms with E-state index in [1.807, 2.05) is 24.3 Å². The summed E-state index contributed by atoms with van der Waals surface area (Å²) in [5.74, 6) is 0.154. The van der Waals surface area contributed by atoms with Crippen LogP contribution in [0.15, 0.2) is 61.2 Å². The maximum Gasteiger partial charge on any atom is 0.335 e. The molecule has 0 unspecified atom stereocenters. The van der Waals surface area contributed by atoms with E-state index in [-0.39, 0.29) is 0 Å². The Balaban J connectivity index is 1.89. The standard InChI is InChI=1S/C19H16O2/c1-2-19(20)21-18-11-10-16-12-15(8-9-17(16)13-18)14-6-4-3-5-7-14/h2-7,10-13H,1,8-9H2. The van der Waals surface area contributed by atoms with Crippen LogP contribution in [0, 0.1) is 0 Å². The van der Waals surface area contributed by atoms with Gasteiger partial charge >= 0.3 is 5.97 Å². The van der Waals surface area contributed by atoms with E-state index in [9.17, 15) is 4.79 Å². The fraction of sp³-hybridized carbons (Fsp3) is 0.105. The molecule has 0 saturated heterocycles. The van der Waals surface area contributed by atoms with Gasteiger partial charge in [0.1, 0.15) is 5.75 Å². The molecule has 21 heavy (non-hydrogen) atoms. The third kappa shape index (κ3) is 2.95. The summed E-state index contributed by atoms with van der Waals surface area (Å²) in [5, 5.41) is 0. The molecule has 0 amide bonds. The number of benzene rings is 2. The second-order valence-electron chi connectivity index (χ2n) is 5.02. The van der Waals surface area contributed by atoms with E-state index in [2.05, 4.69) is 36.9 Å². The fourth-order valence-corrected chi connectivity index (χ4v) is 2.57. The molecule has 0 bridgehead atoms. The minimum Gasteiger partial charge on any atom is -0.423 e. The summed E-state index contributed by atoms with van der Waals surface area (Å²) in [6.07, 6.45) is 5.34. The Labute approximate surface area is 124 Å². The van der Waals surface area contributed by atoms with E-state index in [4.69, 9.17) is 4.74 Å². The van der Waals surface area contributed by atoms with Gasteiger partial charge in [-0.3, -0.25) is 0 Å². The highest BCUT2D eigenvalue weighted by Crippen LogP contribution is 2.32. The quantitative estimate of drug-likeness (QED) is 0.475. The molecule has 0 N–H and O–H groups in total. The lowest BCUT2D eigenvalue weighted by molar-refractivity contribution is -0.128.